The lowest BCUT2D eigenvalue weighted by Crippen LogP contribution is -2.37. The second-order valence-electron chi connectivity index (χ2n) is 7.50. The van der Waals surface area contributed by atoms with Gasteiger partial charge in [0, 0.05) is 25.6 Å². The Morgan fingerprint density at radius 2 is 1.90 bits per heavy atom. The fourth-order valence-corrected chi connectivity index (χ4v) is 3.69. The van der Waals surface area contributed by atoms with Crippen LogP contribution in [0.5, 0.6) is 0 Å². The zero-order chi connectivity index (χ0) is 22.6. The third-order valence-corrected chi connectivity index (χ3v) is 5.18. The summed E-state index contributed by atoms with van der Waals surface area (Å²) in [6.07, 6.45) is -1.96. The molecule has 2 atom stereocenters. The summed E-state index contributed by atoms with van der Waals surface area (Å²) in [5.74, 6) is -0.270. The van der Waals surface area contributed by atoms with Crippen molar-refractivity contribution in [2.45, 2.75) is 51.4 Å². The minimum Gasteiger partial charge on any atom is -0.357 e. The summed E-state index contributed by atoms with van der Waals surface area (Å²) in [5.41, 5.74) is -1.26. The van der Waals surface area contributed by atoms with Crippen molar-refractivity contribution >= 4 is 17.8 Å². The van der Waals surface area contributed by atoms with Gasteiger partial charge in [0.1, 0.15) is 11.6 Å². The molecule has 1 amide bonds. The fourth-order valence-electron chi connectivity index (χ4n) is 3.69. The number of carbonyl (C=O) groups is 1. The quantitative estimate of drug-likeness (QED) is 0.594. The number of carbonyl (C=O) groups excluding carboxylic acids is 1. The number of aromatic nitrogens is 3. The van der Waals surface area contributed by atoms with Crippen molar-refractivity contribution in [2.75, 3.05) is 17.7 Å². The predicted octanol–water partition coefficient (Wildman–Crippen LogP) is 3.67. The number of hydrogen-bond donors (Lipinski definition) is 3. The maximum absolute atomic E-state index is 13.2. The van der Waals surface area contributed by atoms with Gasteiger partial charge in [-0.2, -0.15) is 28.1 Å². The highest BCUT2D eigenvalue weighted by molar-refractivity contribution is 5.78. The summed E-state index contributed by atoms with van der Waals surface area (Å²) in [5, 5.41) is 8.64. The summed E-state index contributed by atoms with van der Waals surface area (Å²) in [4.78, 5) is 25.2. The van der Waals surface area contributed by atoms with Gasteiger partial charge in [0.15, 0.2) is 0 Å². The third kappa shape index (κ3) is 6.02. The Labute approximate surface area is 177 Å². The van der Waals surface area contributed by atoms with Crippen molar-refractivity contribution in [1.82, 2.24) is 20.3 Å². The summed E-state index contributed by atoms with van der Waals surface area (Å²) < 4.78 is 52.7. The first kappa shape index (κ1) is 22.7. The molecule has 1 saturated carbocycles. The number of hydrogen-bond acceptors (Lipinski definition) is 6. The number of benzene rings is 1. The van der Waals surface area contributed by atoms with Crippen LogP contribution in [0.2, 0.25) is 0 Å². The van der Waals surface area contributed by atoms with Gasteiger partial charge in [0.2, 0.25) is 17.8 Å². The number of alkyl halides is 3. The van der Waals surface area contributed by atoms with Crippen LogP contribution in [0.1, 0.15) is 42.6 Å². The molecule has 0 saturated heterocycles. The summed E-state index contributed by atoms with van der Waals surface area (Å²) >= 11 is 0. The summed E-state index contributed by atoms with van der Waals surface area (Å²) in [6.45, 7) is 1.43. The van der Waals surface area contributed by atoms with Crippen LogP contribution >= 0.6 is 0 Å². The molecule has 31 heavy (non-hydrogen) atoms. The van der Waals surface area contributed by atoms with Crippen molar-refractivity contribution in [3.8, 4) is 0 Å². The fraction of sp³-hybridized carbons (Fsp3) is 0.500. The van der Waals surface area contributed by atoms with E-state index in [2.05, 4.69) is 30.9 Å². The summed E-state index contributed by atoms with van der Waals surface area (Å²) in [6, 6.07) is 2.39. The minimum absolute atomic E-state index is 0.0486. The SMILES string of the molecule is CNc1nc(C)nc(NC2CCCC(C(=O)NCc3ccc(F)cc3C(F)(F)F)C2)n1. The first-order valence-corrected chi connectivity index (χ1v) is 9.96. The van der Waals surface area contributed by atoms with Crippen molar-refractivity contribution < 1.29 is 22.4 Å². The molecule has 1 aromatic carbocycles. The van der Waals surface area contributed by atoms with E-state index < -0.39 is 17.6 Å². The predicted molar refractivity (Wildman–Crippen MR) is 107 cm³/mol. The normalized spacial score (nSPS) is 19.0. The van der Waals surface area contributed by atoms with Crippen molar-refractivity contribution in [3.05, 3.63) is 41.0 Å². The first-order chi connectivity index (χ1) is 14.7. The van der Waals surface area contributed by atoms with Crippen LogP contribution in [-0.2, 0) is 17.5 Å². The Morgan fingerprint density at radius 3 is 2.61 bits per heavy atom. The van der Waals surface area contributed by atoms with Crippen LogP contribution in [0.25, 0.3) is 0 Å². The van der Waals surface area contributed by atoms with E-state index in [1.807, 2.05) is 0 Å². The molecular weight excluding hydrogens is 416 g/mol. The average molecular weight is 440 g/mol. The topological polar surface area (TPSA) is 91.8 Å². The maximum atomic E-state index is 13.2. The third-order valence-electron chi connectivity index (χ3n) is 5.18. The molecule has 1 aliphatic rings. The lowest BCUT2D eigenvalue weighted by Gasteiger charge is -2.29. The smallest absolute Gasteiger partial charge is 0.357 e. The molecule has 0 aliphatic heterocycles. The number of amides is 1. The van der Waals surface area contributed by atoms with Gasteiger partial charge in [-0.3, -0.25) is 4.79 Å². The van der Waals surface area contributed by atoms with Gasteiger partial charge in [-0.15, -0.1) is 0 Å². The van der Waals surface area contributed by atoms with Crippen LogP contribution in [0.15, 0.2) is 18.2 Å². The molecule has 2 unspecified atom stereocenters. The van der Waals surface area contributed by atoms with E-state index in [9.17, 15) is 22.4 Å². The molecule has 3 N–H and O–H groups in total. The van der Waals surface area contributed by atoms with Gasteiger partial charge in [0.05, 0.1) is 5.56 Å². The van der Waals surface area contributed by atoms with E-state index in [-0.39, 0.29) is 30.0 Å². The second-order valence-corrected chi connectivity index (χ2v) is 7.50. The van der Waals surface area contributed by atoms with E-state index in [1.54, 1.807) is 14.0 Å². The molecule has 2 aromatic rings. The van der Waals surface area contributed by atoms with Gasteiger partial charge < -0.3 is 16.0 Å². The lowest BCUT2D eigenvalue weighted by atomic mass is 9.85. The van der Waals surface area contributed by atoms with Crippen LogP contribution in [0.4, 0.5) is 29.5 Å². The van der Waals surface area contributed by atoms with Crippen LogP contribution < -0.4 is 16.0 Å². The van der Waals surface area contributed by atoms with Crippen LogP contribution in [-0.4, -0.2) is 33.9 Å². The number of nitrogens with zero attached hydrogens (tertiary/aromatic N) is 3. The average Bonchev–Trinajstić information content (AvgIpc) is 2.71. The highest BCUT2D eigenvalue weighted by atomic mass is 19.4. The molecule has 0 spiro atoms. The van der Waals surface area contributed by atoms with E-state index in [0.717, 1.165) is 25.0 Å². The molecule has 1 aromatic heterocycles. The summed E-state index contributed by atoms with van der Waals surface area (Å²) in [7, 11) is 1.70. The van der Waals surface area contributed by atoms with Gasteiger partial charge in [-0.05, 0) is 43.9 Å². The highest BCUT2D eigenvalue weighted by Crippen LogP contribution is 2.33. The molecule has 1 aliphatic carbocycles. The number of aryl methyl sites for hydroxylation is 1. The zero-order valence-electron chi connectivity index (χ0n) is 17.2. The number of rotatable bonds is 6. The van der Waals surface area contributed by atoms with Crippen molar-refractivity contribution in [3.63, 3.8) is 0 Å². The standard InChI is InChI=1S/C20H24F4N6O/c1-11-27-18(25-2)30-19(28-11)29-15-5-3-4-12(8-15)17(31)26-10-13-6-7-14(21)9-16(13)20(22,23)24/h6-7,9,12,15H,3-5,8,10H2,1-2H3,(H,26,31)(H2,25,27,28,29,30). The Hall–Kier alpha value is -2.98. The largest absolute Gasteiger partial charge is 0.416 e. The van der Waals surface area contributed by atoms with E-state index in [4.69, 9.17) is 0 Å². The molecular formula is C20H24F4N6O. The molecule has 168 valence electrons. The molecule has 1 fully saturated rings. The molecule has 11 heteroatoms. The Kier molecular flexibility index (Phi) is 6.91. The van der Waals surface area contributed by atoms with Crippen molar-refractivity contribution in [1.29, 1.82) is 0 Å². The second kappa shape index (κ2) is 9.44. The maximum Gasteiger partial charge on any atom is 0.416 e. The van der Waals surface area contributed by atoms with Gasteiger partial charge in [0.25, 0.3) is 0 Å². The molecule has 0 bridgehead atoms. The molecule has 0 radical (unpaired) electrons. The Balaban J connectivity index is 1.61. The van der Waals surface area contributed by atoms with Crippen molar-refractivity contribution in [2.24, 2.45) is 5.92 Å². The van der Waals surface area contributed by atoms with Crippen LogP contribution in [0, 0.1) is 18.7 Å². The number of nitrogens with one attached hydrogen (secondary N) is 3. The number of anilines is 2. The lowest BCUT2D eigenvalue weighted by molar-refractivity contribution is -0.138. The molecule has 1 heterocycles. The molecule has 3 rings (SSSR count). The van der Waals surface area contributed by atoms with Gasteiger partial charge in [-0.25, -0.2) is 4.39 Å². The number of halogens is 4. The van der Waals surface area contributed by atoms with E-state index in [1.165, 1.54) is 0 Å². The van der Waals surface area contributed by atoms with Gasteiger partial charge >= 0.3 is 6.18 Å². The van der Waals surface area contributed by atoms with E-state index >= 15 is 0 Å². The molecule has 7 nitrogen and oxygen atoms in total. The van der Waals surface area contributed by atoms with E-state index in [0.29, 0.717) is 36.6 Å². The first-order valence-electron chi connectivity index (χ1n) is 9.96. The monoisotopic (exact) mass is 440 g/mol. The minimum atomic E-state index is -4.70. The van der Waals surface area contributed by atoms with Crippen LogP contribution in [0.3, 0.4) is 0 Å². The highest BCUT2D eigenvalue weighted by Gasteiger charge is 2.34. The Morgan fingerprint density at radius 1 is 1.16 bits per heavy atom. The zero-order valence-corrected chi connectivity index (χ0v) is 17.2. The Bertz CT molecular complexity index is 936. The van der Waals surface area contributed by atoms with Gasteiger partial charge in [-0.1, -0.05) is 12.5 Å².